The molecular formula is C13H18N2O. The van der Waals surface area contributed by atoms with Crippen LogP contribution >= 0.6 is 0 Å². The molecule has 0 bridgehead atoms. The van der Waals surface area contributed by atoms with Crippen molar-refractivity contribution < 1.29 is 4.74 Å². The summed E-state index contributed by atoms with van der Waals surface area (Å²) in [5, 5.41) is 0. The van der Waals surface area contributed by atoms with Gasteiger partial charge < -0.3 is 9.72 Å². The Kier molecular flexibility index (Phi) is 2.86. The standard InChI is InChI=1S/C13H18N2O/c1-8(2)9(3)13-14-11-6-5-10(16-4)7-12(11)15-13/h5-9H,1-4H3,(H,14,15). The maximum Gasteiger partial charge on any atom is 0.121 e. The number of nitrogens with one attached hydrogen (secondary N) is 1. The van der Waals surface area contributed by atoms with Crippen molar-refractivity contribution in [2.45, 2.75) is 26.7 Å². The first-order valence-electron chi connectivity index (χ1n) is 5.65. The summed E-state index contributed by atoms with van der Waals surface area (Å²) >= 11 is 0. The minimum atomic E-state index is 0.443. The van der Waals surface area contributed by atoms with Gasteiger partial charge in [-0.1, -0.05) is 20.8 Å². The molecule has 3 nitrogen and oxygen atoms in total. The maximum absolute atomic E-state index is 5.19. The third kappa shape index (κ3) is 1.90. The fourth-order valence-electron chi connectivity index (χ4n) is 1.67. The van der Waals surface area contributed by atoms with Gasteiger partial charge in [-0.15, -0.1) is 0 Å². The molecule has 1 unspecified atom stereocenters. The van der Waals surface area contributed by atoms with Crippen molar-refractivity contribution in [2.75, 3.05) is 7.11 Å². The van der Waals surface area contributed by atoms with Crippen LogP contribution in [0, 0.1) is 5.92 Å². The number of benzene rings is 1. The van der Waals surface area contributed by atoms with Crippen molar-refractivity contribution in [2.24, 2.45) is 5.92 Å². The second-order valence-corrected chi connectivity index (χ2v) is 4.54. The normalized spacial score (nSPS) is 13.3. The molecule has 1 atom stereocenters. The first kappa shape index (κ1) is 11.0. The number of nitrogens with zero attached hydrogens (tertiary/aromatic N) is 1. The molecule has 1 N–H and O–H groups in total. The Labute approximate surface area is 95.8 Å². The highest BCUT2D eigenvalue weighted by atomic mass is 16.5. The number of aromatic nitrogens is 2. The average molecular weight is 218 g/mol. The smallest absolute Gasteiger partial charge is 0.121 e. The molecule has 0 aliphatic heterocycles. The number of fused-ring (bicyclic) bond motifs is 1. The first-order valence-corrected chi connectivity index (χ1v) is 5.65. The van der Waals surface area contributed by atoms with E-state index in [2.05, 4.69) is 30.7 Å². The van der Waals surface area contributed by atoms with E-state index in [4.69, 9.17) is 4.74 Å². The monoisotopic (exact) mass is 218 g/mol. The van der Waals surface area contributed by atoms with Crippen LogP contribution in [0.25, 0.3) is 11.0 Å². The van der Waals surface area contributed by atoms with E-state index in [9.17, 15) is 0 Å². The second kappa shape index (κ2) is 4.16. The average Bonchev–Trinajstić information content (AvgIpc) is 2.69. The Morgan fingerprint density at radius 3 is 2.62 bits per heavy atom. The van der Waals surface area contributed by atoms with Gasteiger partial charge in [0.25, 0.3) is 0 Å². The lowest BCUT2D eigenvalue weighted by Gasteiger charge is -2.11. The summed E-state index contributed by atoms with van der Waals surface area (Å²) < 4.78 is 5.19. The molecule has 0 aliphatic carbocycles. The lowest BCUT2D eigenvalue weighted by Crippen LogP contribution is -2.03. The predicted molar refractivity (Wildman–Crippen MR) is 65.9 cm³/mol. The Balaban J connectivity index is 2.43. The Morgan fingerprint density at radius 2 is 2.00 bits per heavy atom. The van der Waals surface area contributed by atoms with Crippen LogP contribution in [0.2, 0.25) is 0 Å². The molecule has 0 spiro atoms. The van der Waals surface area contributed by atoms with Gasteiger partial charge in [-0.3, -0.25) is 0 Å². The number of imidazole rings is 1. The second-order valence-electron chi connectivity index (χ2n) is 4.54. The molecule has 0 fully saturated rings. The van der Waals surface area contributed by atoms with E-state index in [0.29, 0.717) is 11.8 Å². The summed E-state index contributed by atoms with van der Waals surface area (Å²) in [6.45, 7) is 6.61. The summed E-state index contributed by atoms with van der Waals surface area (Å²) in [4.78, 5) is 7.96. The largest absolute Gasteiger partial charge is 0.497 e. The number of ether oxygens (including phenoxy) is 1. The summed E-state index contributed by atoms with van der Waals surface area (Å²) in [5.41, 5.74) is 2.05. The molecule has 0 amide bonds. The van der Waals surface area contributed by atoms with Gasteiger partial charge in [-0.25, -0.2) is 4.98 Å². The molecule has 1 heterocycles. The van der Waals surface area contributed by atoms with Gasteiger partial charge in [0.2, 0.25) is 0 Å². The number of H-pyrrole nitrogens is 1. The van der Waals surface area contributed by atoms with Crippen molar-refractivity contribution in [3.63, 3.8) is 0 Å². The lowest BCUT2D eigenvalue weighted by atomic mass is 9.98. The summed E-state index contributed by atoms with van der Waals surface area (Å²) in [7, 11) is 1.68. The molecule has 0 saturated carbocycles. The third-order valence-corrected chi connectivity index (χ3v) is 3.14. The van der Waals surface area contributed by atoms with Crippen molar-refractivity contribution in [1.82, 2.24) is 9.97 Å². The highest BCUT2D eigenvalue weighted by Crippen LogP contribution is 2.25. The van der Waals surface area contributed by atoms with Crippen LogP contribution in [0.3, 0.4) is 0 Å². The van der Waals surface area contributed by atoms with Crippen LogP contribution in [0.1, 0.15) is 32.5 Å². The van der Waals surface area contributed by atoms with E-state index in [1.807, 2.05) is 18.2 Å². The van der Waals surface area contributed by atoms with Gasteiger partial charge in [0.05, 0.1) is 18.1 Å². The Bertz CT molecular complexity index is 488. The van der Waals surface area contributed by atoms with Gasteiger partial charge >= 0.3 is 0 Å². The van der Waals surface area contributed by atoms with E-state index >= 15 is 0 Å². The number of hydrogen-bond donors (Lipinski definition) is 1. The molecule has 2 rings (SSSR count). The highest BCUT2D eigenvalue weighted by molar-refractivity contribution is 5.76. The van der Waals surface area contributed by atoms with E-state index in [1.165, 1.54) is 0 Å². The minimum Gasteiger partial charge on any atom is -0.497 e. The van der Waals surface area contributed by atoms with Crippen molar-refractivity contribution in [1.29, 1.82) is 0 Å². The van der Waals surface area contributed by atoms with E-state index < -0.39 is 0 Å². The quantitative estimate of drug-likeness (QED) is 0.858. The Hall–Kier alpha value is -1.51. The molecule has 16 heavy (non-hydrogen) atoms. The van der Waals surface area contributed by atoms with Crippen molar-refractivity contribution >= 4 is 11.0 Å². The van der Waals surface area contributed by atoms with Crippen molar-refractivity contribution in [3.8, 4) is 5.75 Å². The summed E-state index contributed by atoms with van der Waals surface area (Å²) in [5.74, 6) is 2.94. The van der Waals surface area contributed by atoms with Gasteiger partial charge in [-0.05, 0) is 18.1 Å². The van der Waals surface area contributed by atoms with E-state index in [1.54, 1.807) is 7.11 Å². The fourth-order valence-corrected chi connectivity index (χ4v) is 1.67. The molecule has 0 aliphatic rings. The van der Waals surface area contributed by atoms with Crippen LogP contribution in [0.5, 0.6) is 5.75 Å². The van der Waals surface area contributed by atoms with Gasteiger partial charge in [0.15, 0.2) is 0 Å². The van der Waals surface area contributed by atoms with Crippen LogP contribution in [-0.4, -0.2) is 17.1 Å². The minimum absolute atomic E-state index is 0.443. The number of hydrogen-bond acceptors (Lipinski definition) is 2. The van der Waals surface area contributed by atoms with Crippen LogP contribution in [-0.2, 0) is 0 Å². The zero-order valence-corrected chi connectivity index (χ0v) is 10.2. The number of rotatable bonds is 3. The zero-order chi connectivity index (χ0) is 11.7. The zero-order valence-electron chi connectivity index (χ0n) is 10.2. The van der Waals surface area contributed by atoms with Crippen LogP contribution < -0.4 is 4.74 Å². The third-order valence-electron chi connectivity index (χ3n) is 3.14. The molecule has 1 aromatic heterocycles. The number of methoxy groups -OCH3 is 1. The highest BCUT2D eigenvalue weighted by Gasteiger charge is 2.14. The lowest BCUT2D eigenvalue weighted by molar-refractivity contribution is 0.415. The van der Waals surface area contributed by atoms with Gasteiger partial charge in [0.1, 0.15) is 11.6 Å². The summed E-state index contributed by atoms with van der Waals surface area (Å²) in [6.07, 6.45) is 0. The fraction of sp³-hybridized carbons (Fsp3) is 0.462. The van der Waals surface area contributed by atoms with Gasteiger partial charge in [-0.2, -0.15) is 0 Å². The topological polar surface area (TPSA) is 37.9 Å². The summed E-state index contributed by atoms with van der Waals surface area (Å²) in [6, 6.07) is 5.91. The van der Waals surface area contributed by atoms with Gasteiger partial charge in [0, 0.05) is 12.0 Å². The van der Waals surface area contributed by atoms with E-state index in [0.717, 1.165) is 22.6 Å². The predicted octanol–water partition coefficient (Wildman–Crippen LogP) is 3.33. The van der Waals surface area contributed by atoms with Crippen molar-refractivity contribution in [3.05, 3.63) is 24.0 Å². The SMILES string of the molecule is COc1ccc2nc(C(C)C(C)C)[nH]c2c1. The Morgan fingerprint density at radius 1 is 1.25 bits per heavy atom. The maximum atomic E-state index is 5.19. The number of aromatic amines is 1. The van der Waals surface area contributed by atoms with Crippen LogP contribution in [0.15, 0.2) is 18.2 Å². The first-order chi connectivity index (χ1) is 7.61. The van der Waals surface area contributed by atoms with E-state index in [-0.39, 0.29) is 0 Å². The van der Waals surface area contributed by atoms with Crippen LogP contribution in [0.4, 0.5) is 0 Å². The molecule has 2 aromatic rings. The molecule has 1 aromatic carbocycles. The molecule has 86 valence electrons. The molecule has 0 saturated heterocycles. The molecule has 3 heteroatoms. The molecular weight excluding hydrogens is 200 g/mol. The molecule has 0 radical (unpaired) electrons.